The zero-order valence-corrected chi connectivity index (χ0v) is 27.4. The Morgan fingerprint density at radius 2 is 1.02 bits per heavy atom. The number of benzene rings is 7. The molecule has 9 rings (SSSR count). The van der Waals surface area contributed by atoms with Gasteiger partial charge in [0.05, 0.1) is 22.1 Å². The van der Waals surface area contributed by atoms with Crippen LogP contribution in [0, 0.1) is 0 Å². The van der Waals surface area contributed by atoms with Gasteiger partial charge in [-0.3, -0.25) is 4.99 Å². The zero-order chi connectivity index (χ0) is 33.4. The number of rotatable bonds is 7. The normalized spacial score (nSPS) is 12.2. The van der Waals surface area contributed by atoms with Gasteiger partial charge in [-0.25, -0.2) is 0 Å². The third-order valence-electron chi connectivity index (χ3n) is 9.70. The minimum Gasteiger partial charge on any atom is -0.398 e. The number of aromatic nitrogens is 2. The van der Waals surface area contributed by atoms with Crippen molar-refractivity contribution in [3.63, 3.8) is 0 Å². The van der Waals surface area contributed by atoms with E-state index in [1.54, 1.807) is 0 Å². The number of para-hydroxylation sites is 3. The summed E-state index contributed by atoms with van der Waals surface area (Å²) < 4.78 is 4.65. The van der Waals surface area contributed by atoms with Crippen molar-refractivity contribution in [2.24, 2.45) is 10.7 Å². The third-order valence-corrected chi connectivity index (χ3v) is 9.70. The first-order valence-corrected chi connectivity index (χ1v) is 16.9. The van der Waals surface area contributed by atoms with E-state index in [1.807, 2.05) is 24.4 Å². The van der Waals surface area contributed by atoms with E-state index >= 15 is 0 Å². The van der Waals surface area contributed by atoms with E-state index in [-0.39, 0.29) is 0 Å². The molecule has 0 fully saturated rings. The molecule has 0 aliphatic rings. The van der Waals surface area contributed by atoms with Crippen molar-refractivity contribution < 1.29 is 0 Å². The molecule has 2 N–H and O–H groups in total. The number of hydrogen-bond acceptors (Lipinski definition) is 2. The number of nitrogens with two attached hydrogens (primary N) is 1. The summed E-state index contributed by atoms with van der Waals surface area (Å²) in [4.78, 5) is 4.83. The Bertz CT molecular complexity index is 2670. The molecule has 2 aromatic heterocycles. The van der Waals surface area contributed by atoms with E-state index in [9.17, 15) is 0 Å². The summed E-state index contributed by atoms with van der Waals surface area (Å²) in [5.74, 6) is 0. The van der Waals surface area contributed by atoms with Crippen molar-refractivity contribution in [2.45, 2.75) is 6.67 Å². The second kappa shape index (κ2) is 12.4. The molecular weight excluding hydrogens is 609 g/mol. The highest BCUT2D eigenvalue weighted by Crippen LogP contribution is 2.35. The summed E-state index contributed by atoms with van der Waals surface area (Å²) in [5.41, 5.74) is 18.8. The van der Waals surface area contributed by atoms with Crippen LogP contribution in [0.15, 0.2) is 181 Å². The summed E-state index contributed by atoms with van der Waals surface area (Å²) in [7, 11) is 0. The van der Waals surface area contributed by atoms with Crippen molar-refractivity contribution in [1.82, 2.24) is 9.13 Å². The molecule has 0 unspecified atom stereocenters. The minimum absolute atomic E-state index is 0.482. The summed E-state index contributed by atoms with van der Waals surface area (Å²) in [6.07, 6.45) is 3.72. The third kappa shape index (κ3) is 5.15. The fraction of sp³-hybridized carbons (Fsp3) is 0.0217. The Kier molecular flexibility index (Phi) is 7.33. The van der Waals surface area contributed by atoms with Gasteiger partial charge in [-0.05, 0) is 76.4 Å². The van der Waals surface area contributed by atoms with Crippen LogP contribution in [0.2, 0.25) is 0 Å². The van der Waals surface area contributed by atoms with Crippen molar-refractivity contribution in [3.05, 3.63) is 181 Å². The monoisotopic (exact) mass is 642 g/mol. The summed E-state index contributed by atoms with van der Waals surface area (Å²) in [6, 6.07) is 60.1. The lowest BCUT2D eigenvalue weighted by Crippen LogP contribution is -1.98. The van der Waals surface area contributed by atoms with Crippen molar-refractivity contribution >= 4 is 55.5 Å². The van der Waals surface area contributed by atoms with E-state index < -0.39 is 0 Å². The number of aliphatic imine (C=N–C) groups is 1. The van der Waals surface area contributed by atoms with Crippen LogP contribution in [0.25, 0.3) is 77.2 Å². The maximum Gasteiger partial charge on any atom is 0.114 e. The molecule has 0 radical (unpaired) electrons. The average Bonchev–Trinajstić information content (AvgIpc) is 3.69. The van der Waals surface area contributed by atoms with Crippen molar-refractivity contribution in [1.29, 1.82) is 0 Å². The molecule has 9 aromatic rings. The van der Waals surface area contributed by atoms with E-state index in [0.717, 1.165) is 33.4 Å². The quantitative estimate of drug-likeness (QED) is 0.173. The van der Waals surface area contributed by atoms with Gasteiger partial charge in [-0.1, -0.05) is 127 Å². The molecule has 0 saturated carbocycles. The van der Waals surface area contributed by atoms with Crippen LogP contribution < -0.4 is 5.73 Å². The Labute approximate surface area is 290 Å². The first kappa shape index (κ1) is 29.5. The van der Waals surface area contributed by atoms with Crippen LogP contribution >= 0.6 is 0 Å². The van der Waals surface area contributed by atoms with Gasteiger partial charge >= 0.3 is 0 Å². The topological polar surface area (TPSA) is 48.2 Å². The number of hydrogen-bond donors (Lipinski definition) is 1. The van der Waals surface area contributed by atoms with Gasteiger partial charge in [0.1, 0.15) is 6.67 Å². The number of allylic oxidation sites excluding steroid dienone is 1. The van der Waals surface area contributed by atoms with Crippen LogP contribution in [0.3, 0.4) is 0 Å². The van der Waals surface area contributed by atoms with E-state index in [4.69, 9.17) is 10.7 Å². The lowest BCUT2D eigenvalue weighted by Gasteiger charge is -2.09. The highest BCUT2D eigenvalue weighted by molar-refractivity contribution is 6.11. The molecule has 0 bridgehead atoms. The highest BCUT2D eigenvalue weighted by Gasteiger charge is 2.15. The molecule has 4 nitrogen and oxygen atoms in total. The lowest BCUT2D eigenvalue weighted by molar-refractivity contribution is 0.796. The van der Waals surface area contributed by atoms with Gasteiger partial charge in [-0.15, -0.1) is 0 Å². The van der Waals surface area contributed by atoms with Gasteiger partial charge < -0.3 is 14.9 Å². The second-order valence-electron chi connectivity index (χ2n) is 12.6. The maximum atomic E-state index is 6.59. The molecule has 0 saturated heterocycles. The van der Waals surface area contributed by atoms with Crippen molar-refractivity contribution in [2.75, 3.05) is 0 Å². The number of fused-ring (bicyclic) bond motifs is 6. The fourth-order valence-corrected chi connectivity index (χ4v) is 7.26. The number of nitrogens with zero attached hydrogens (tertiary/aromatic N) is 3. The van der Waals surface area contributed by atoms with Gasteiger partial charge in [0, 0.05) is 39.1 Å². The van der Waals surface area contributed by atoms with Crippen LogP contribution in [0.5, 0.6) is 0 Å². The van der Waals surface area contributed by atoms with Crippen LogP contribution in [0.4, 0.5) is 0 Å². The van der Waals surface area contributed by atoms with Gasteiger partial charge in [0.15, 0.2) is 0 Å². The maximum absolute atomic E-state index is 6.59. The Morgan fingerprint density at radius 1 is 0.480 bits per heavy atom. The zero-order valence-electron chi connectivity index (χ0n) is 27.4. The van der Waals surface area contributed by atoms with E-state index in [2.05, 4.69) is 167 Å². The van der Waals surface area contributed by atoms with Crippen molar-refractivity contribution in [3.8, 4) is 27.9 Å². The van der Waals surface area contributed by atoms with E-state index in [0.29, 0.717) is 12.4 Å². The average molecular weight is 643 g/mol. The molecule has 0 amide bonds. The largest absolute Gasteiger partial charge is 0.398 e. The molecule has 0 aliphatic heterocycles. The first-order valence-electron chi connectivity index (χ1n) is 16.9. The minimum atomic E-state index is 0.482. The summed E-state index contributed by atoms with van der Waals surface area (Å²) in [6.45, 7) is 0.482. The molecule has 2 heterocycles. The Hall–Kier alpha value is -6.65. The molecule has 50 heavy (non-hydrogen) atoms. The van der Waals surface area contributed by atoms with Gasteiger partial charge in [0.2, 0.25) is 0 Å². The van der Waals surface area contributed by atoms with Gasteiger partial charge in [0.25, 0.3) is 0 Å². The predicted octanol–water partition coefficient (Wildman–Crippen LogP) is 11.3. The molecular formula is C46H34N4. The molecule has 238 valence electrons. The Balaban J connectivity index is 1.00. The smallest absolute Gasteiger partial charge is 0.114 e. The molecule has 0 atom stereocenters. The second-order valence-corrected chi connectivity index (χ2v) is 12.6. The molecule has 0 aliphatic carbocycles. The highest BCUT2D eigenvalue weighted by atomic mass is 15.1. The molecule has 4 heteroatoms. The lowest BCUT2D eigenvalue weighted by atomic mass is 9.98. The van der Waals surface area contributed by atoms with E-state index in [1.165, 1.54) is 43.7 Å². The van der Waals surface area contributed by atoms with Gasteiger partial charge in [-0.2, -0.15) is 0 Å². The molecule has 7 aromatic carbocycles. The van der Waals surface area contributed by atoms with Crippen LogP contribution in [-0.4, -0.2) is 15.3 Å². The predicted molar refractivity (Wildman–Crippen MR) is 212 cm³/mol. The standard InChI is InChI=1S/C46H34N4/c47-42(36-14-10-13-35(29-36)34-23-21-33(22-24-34)32-11-2-1-3-12-32)27-28-48-31-49-43-18-7-4-17-40(43)41-30-37(25-26-44(41)49)50-45-19-8-5-15-38(45)39-16-6-9-20-46(39)50/h1-30H,31,47H2. The first-order chi connectivity index (χ1) is 24.7. The van der Waals surface area contributed by atoms with Crippen LogP contribution in [-0.2, 0) is 6.67 Å². The van der Waals surface area contributed by atoms with Crippen LogP contribution in [0.1, 0.15) is 5.56 Å². The SMILES string of the molecule is NC(=CC=NCn1c2ccccc2c2cc(-n3c4ccccc4c4ccccc43)ccc21)c1cccc(-c2ccc(-c3ccccc3)cc2)c1. The fourth-order valence-electron chi connectivity index (χ4n) is 7.26. The Morgan fingerprint density at radius 3 is 1.72 bits per heavy atom. The summed E-state index contributed by atoms with van der Waals surface area (Å²) >= 11 is 0. The summed E-state index contributed by atoms with van der Waals surface area (Å²) in [5, 5.41) is 4.94. The molecule has 0 spiro atoms.